The van der Waals surface area contributed by atoms with Gasteiger partial charge in [0.15, 0.2) is 5.82 Å². The van der Waals surface area contributed by atoms with Crippen molar-refractivity contribution in [2.75, 3.05) is 5.73 Å². The summed E-state index contributed by atoms with van der Waals surface area (Å²) >= 11 is 12.5. The third-order valence-electron chi connectivity index (χ3n) is 3.03. The second kappa shape index (κ2) is 5.35. The Kier molecular flexibility index (Phi) is 3.53. The average molecular weight is 320 g/mol. The highest BCUT2D eigenvalue weighted by atomic mass is 35.5. The average Bonchev–Trinajstić information content (AvgIpc) is 2.93. The van der Waals surface area contributed by atoms with E-state index in [1.807, 2.05) is 19.1 Å². The lowest BCUT2D eigenvalue weighted by Crippen LogP contribution is -2.02. The molecule has 0 aliphatic rings. The van der Waals surface area contributed by atoms with E-state index in [9.17, 15) is 0 Å². The third kappa shape index (κ3) is 2.57. The molecule has 21 heavy (non-hydrogen) atoms. The van der Waals surface area contributed by atoms with Crippen LogP contribution in [-0.4, -0.2) is 20.2 Å². The van der Waals surface area contributed by atoms with Crippen molar-refractivity contribution in [3.63, 3.8) is 0 Å². The van der Waals surface area contributed by atoms with E-state index in [1.165, 1.54) is 0 Å². The van der Waals surface area contributed by atoms with Crippen molar-refractivity contribution >= 4 is 28.9 Å². The minimum absolute atomic E-state index is 0.486. The summed E-state index contributed by atoms with van der Waals surface area (Å²) in [5.41, 5.74) is 8.79. The number of tetrazole rings is 1. The largest absolute Gasteiger partial charge is 0.399 e. The van der Waals surface area contributed by atoms with E-state index in [4.69, 9.17) is 28.9 Å². The first kappa shape index (κ1) is 13.9. The number of rotatable bonds is 2. The maximum absolute atomic E-state index is 6.24. The minimum Gasteiger partial charge on any atom is -0.399 e. The van der Waals surface area contributed by atoms with Gasteiger partial charge in [0, 0.05) is 11.3 Å². The molecule has 3 aromatic rings. The molecular formula is C14H11Cl2N5. The summed E-state index contributed by atoms with van der Waals surface area (Å²) in [6.07, 6.45) is 0. The molecule has 0 fully saturated rings. The summed E-state index contributed by atoms with van der Waals surface area (Å²) in [7, 11) is 0. The first-order valence-corrected chi connectivity index (χ1v) is 6.92. The fourth-order valence-electron chi connectivity index (χ4n) is 2.02. The molecule has 2 aromatic carbocycles. The first-order valence-electron chi connectivity index (χ1n) is 6.16. The number of aryl methyl sites for hydroxylation is 1. The van der Waals surface area contributed by atoms with Gasteiger partial charge in [-0.3, -0.25) is 0 Å². The topological polar surface area (TPSA) is 69.6 Å². The Balaban J connectivity index is 2.22. The number of aromatic nitrogens is 4. The maximum Gasteiger partial charge on any atom is 0.188 e. The maximum atomic E-state index is 6.24. The van der Waals surface area contributed by atoms with E-state index in [1.54, 1.807) is 28.9 Å². The highest BCUT2D eigenvalue weighted by Crippen LogP contribution is 2.31. The Morgan fingerprint density at radius 2 is 1.81 bits per heavy atom. The number of benzene rings is 2. The predicted octanol–water partition coefficient (Wildman–Crippen LogP) is 3.53. The molecule has 0 unspecified atom stereocenters. The molecule has 3 rings (SSSR count). The van der Waals surface area contributed by atoms with E-state index in [0.29, 0.717) is 32.8 Å². The molecule has 0 atom stereocenters. The third-order valence-corrected chi connectivity index (χ3v) is 3.68. The number of halogens is 2. The molecular weight excluding hydrogens is 309 g/mol. The zero-order valence-corrected chi connectivity index (χ0v) is 12.6. The molecule has 0 saturated heterocycles. The molecule has 0 aliphatic heterocycles. The van der Waals surface area contributed by atoms with Gasteiger partial charge in [-0.15, -0.1) is 5.10 Å². The Morgan fingerprint density at radius 1 is 1.05 bits per heavy atom. The second-order valence-corrected chi connectivity index (χ2v) is 5.42. The van der Waals surface area contributed by atoms with Gasteiger partial charge in [-0.05, 0) is 53.2 Å². The number of nitrogens with two attached hydrogens (primary N) is 1. The van der Waals surface area contributed by atoms with Gasteiger partial charge in [0.25, 0.3) is 0 Å². The van der Waals surface area contributed by atoms with Crippen molar-refractivity contribution < 1.29 is 0 Å². The van der Waals surface area contributed by atoms with Crippen molar-refractivity contribution in [3.05, 3.63) is 52.0 Å². The van der Waals surface area contributed by atoms with Crippen LogP contribution in [0.3, 0.4) is 0 Å². The summed E-state index contributed by atoms with van der Waals surface area (Å²) in [4.78, 5) is 0. The molecule has 5 nitrogen and oxygen atoms in total. The number of nitrogen functional groups attached to an aromatic ring is 1. The summed E-state index contributed by atoms with van der Waals surface area (Å²) < 4.78 is 1.55. The Morgan fingerprint density at radius 3 is 2.62 bits per heavy atom. The predicted molar refractivity (Wildman–Crippen MR) is 83.8 cm³/mol. The highest BCUT2D eigenvalue weighted by Gasteiger charge is 2.16. The van der Waals surface area contributed by atoms with Gasteiger partial charge in [0.05, 0.1) is 15.7 Å². The zero-order chi connectivity index (χ0) is 15.0. The Hall–Kier alpha value is -2.11. The summed E-state index contributed by atoms with van der Waals surface area (Å²) in [5.74, 6) is 0.486. The van der Waals surface area contributed by atoms with Crippen molar-refractivity contribution in [2.45, 2.75) is 6.92 Å². The SMILES string of the molecule is Cc1ccc(Cl)c(-n2nnnc2-c2cc(N)ccc2Cl)c1. The number of hydrogen-bond acceptors (Lipinski definition) is 4. The van der Waals surface area contributed by atoms with Gasteiger partial charge >= 0.3 is 0 Å². The number of nitrogens with zero attached hydrogens (tertiary/aromatic N) is 4. The van der Waals surface area contributed by atoms with E-state index < -0.39 is 0 Å². The number of anilines is 1. The van der Waals surface area contributed by atoms with Crippen LogP contribution in [0.2, 0.25) is 10.0 Å². The summed E-state index contributed by atoms with van der Waals surface area (Å²) in [5, 5.41) is 12.8. The van der Waals surface area contributed by atoms with Crippen molar-refractivity contribution in [3.8, 4) is 17.1 Å². The van der Waals surface area contributed by atoms with E-state index in [0.717, 1.165) is 5.56 Å². The molecule has 1 aromatic heterocycles. The van der Waals surface area contributed by atoms with Crippen molar-refractivity contribution in [1.82, 2.24) is 20.2 Å². The summed E-state index contributed by atoms with van der Waals surface area (Å²) in [6, 6.07) is 10.8. The van der Waals surface area contributed by atoms with E-state index >= 15 is 0 Å². The monoisotopic (exact) mass is 319 g/mol. The van der Waals surface area contributed by atoms with Crippen molar-refractivity contribution in [2.24, 2.45) is 0 Å². The lowest BCUT2D eigenvalue weighted by molar-refractivity contribution is 0.791. The van der Waals surface area contributed by atoms with Gasteiger partial charge in [-0.25, -0.2) is 0 Å². The van der Waals surface area contributed by atoms with Crippen LogP contribution in [-0.2, 0) is 0 Å². The van der Waals surface area contributed by atoms with Crippen LogP contribution in [0.4, 0.5) is 5.69 Å². The van der Waals surface area contributed by atoms with Gasteiger partial charge in [-0.2, -0.15) is 4.68 Å². The van der Waals surface area contributed by atoms with Gasteiger partial charge in [0.1, 0.15) is 0 Å². The Bertz CT molecular complexity index is 747. The van der Waals surface area contributed by atoms with Crippen molar-refractivity contribution in [1.29, 1.82) is 0 Å². The lowest BCUT2D eigenvalue weighted by atomic mass is 10.1. The van der Waals surface area contributed by atoms with Crippen LogP contribution in [0.1, 0.15) is 5.56 Å². The van der Waals surface area contributed by atoms with Crippen LogP contribution in [0.5, 0.6) is 0 Å². The quantitative estimate of drug-likeness (QED) is 0.733. The molecule has 2 N–H and O–H groups in total. The fraction of sp³-hybridized carbons (Fsp3) is 0.0714. The van der Waals surface area contributed by atoms with Crippen LogP contribution in [0, 0.1) is 6.92 Å². The molecule has 0 spiro atoms. The van der Waals surface area contributed by atoms with Crippen LogP contribution in [0.15, 0.2) is 36.4 Å². The molecule has 7 heteroatoms. The molecule has 0 saturated carbocycles. The molecule has 0 aliphatic carbocycles. The smallest absolute Gasteiger partial charge is 0.188 e. The minimum atomic E-state index is 0.486. The lowest BCUT2D eigenvalue weighted by Gasteiger charge is -2.09. The van der Waals surface area contributed by atoms with Crippen LogP contribution >= 0.6 is 23.2 Å². The van der Waals surface area contributed by atoms with Gasteiger partial charge < -0.3 is 5.73 Å². The van der Waals surface area contributed by atoms with Gasteiger partial charge in [0.2, 0.25) is 0 Å². The van der Waals surface area contributed by atoms with Gasteiger partial charge in [-0.1, -0.05) is 29.3 Å². The fourth-order valence-corrected chi connectivity index (χ4v) is 2.42. The standard InChI is InChI=1S/C14H11Cl2N5/c1-8-2-4-12(16)13(6-8)21-14(18-19-20-21)10-7-9(17)3-5-11(10)15/h2-7H,17H2,1H3. The van der Waals surface area contributed by atoms with E-state index in [-0.39, 0.29) is 0 Å². The molecule has 106 valence electrons. The normalized spacial score (nSPS) is 10.8. The number of hydrogen-bond donors (Lipinski definition) is 1. The molecule has 0 radical (unpaired) electrons. The molecule has 0 amide bonds. The van der Waals surface area contributed by atoms with Crippen LogP contribution in [0.25, 0.3) is 17.1 Å². The van der Waals surface area contributed by atoms with Crippen LogP contribution < -0.4 is 5.73 Å². The second-order valence-electron chi connectivity index (χ2n) is 4.61. The molecule has 1 heterocycles. The zero-order valence-electron chi connectivity index (χ0n) is 11.1. The first-order chi connectivity index (χ1) is 10.1. The highest BCUT2D eigenvalue weighted by molar-refractivity contribution is 6.33. The Labute approximate surface area is 131 Å². The van der Waals surface area contributed by atoms with E-state index in [2.05, 4.69) is 15.5 Å². The summed E-state index contributed by atoms with van der Waals surface area (Å²) in [6.45, 7) is 1.97. The molecule has 0 bridgehead atoms.